The molecule has 23 heavy (non-hydrogen) atoms. The van der Waals surface area contributed by atoms with E-state index in [4.69, 9.17) is 10.5 Å². The summed E-state index contributed by atoms with van der Waals surface area (Å²) in [6.45, 7) is 4.95. The second-order valence-electron chi connectivity index (χ2n) is 5.72. The second kappa shape index (κ2) is 8.22. The maximum Gasteiger partial charge on any atom is 0.193 e. The number of benzene rings is 2. The lowest BCUT2D eigenvalue weighted by molar-refractivity contribution is 0.414. The third kappa shape index (κ3) is 5.33. The number of rotatable bonds is 6. The number of hydrogen-bond donors (Lipinski definition) is 2. The minimum Gasteiger partial charge on any atom is -0.497 e. The molecule has 1 unspecified atom stereocenters. The predicted molar refractivity (Wildman–Crippen MR) is 97.3 cm³/mol. The van der Waals surface area contributed by atoms with Gasteiger partial charge in [-0.05, 0) is 49.1 Å². The van der Waals surface area contributed by atoms with E-state index in [9.17, 15) is 0 Å². The third-order valence-corrected chi connectivity index (χ3v) is 3.85. The average molecular weight is 311 g/mol. The molecule has 2 rings (SSSR count). The van der Waals surface area contributed by atoms with Crippen LogP contribution in [0, 0.1) is 6.92 Å². The number of nitrogens with one attached hydrogen (secondary N) is 1. The first kappa shape index (κ1) is 16.9. The highest BCUT2D eigenvalue weighted by atomic mass is 16.5. The van der Waals surface area contributed by atoms with Crippen molar-refractivity contribution in [1.82, 2.24) is 0 Å². The molecule has 1 atom stereocenters. The SMILES string of the molecule is COc1ccc(C(C)CCN=C(N)Nc2ccc(C)cc2)cc1. The van der Waals surface area contributed by atoms with E-state index < -0.39 is 0 Å². The van der Waals surface area contributed by atoms with E-state index in [1.165, 1.54) is 11.1 Å². The molecule has 0 aromatic heterocycles. The van der Waals surface area contributed by atoms with Crippen molar-refractivity contribution in [2.24, 2.45) is 10.7 Å². The Balaban J connectivity index is 1.83. The summed E-state index contributed by atoms with van der Waals surface area (Å²) in [5.41, 5.74) is 9.39. The minimum atomic E-state index is 0.428. The lowest BCUT2D eigenvalue weighted by atomic mass is 9.98. The Morgan fingerprint density at radius 3 is 2.39 bits per heavy atom. The van der Waals surface area contributed by atoms with Crippen LogP contribution in [0.15, 0.2) is 53.5 Å². The van der Waals surface area contributed by atoms with Gasteiger partial charge in [0.1, 0.15) is 5.75 Å². The van der Waals surface area contributed by atoms with Gasteiger partial charge in [-0.15, -0.1) is 0 Å². The highest BCUT2D eigenvalue weighted by molar-refractivity contribution is 5.92. The van der Waals surface area contributed by atoms with Gasteiger partial charge >= 0.3 is 0 Å². The van der Waals surface area contributed by atoms with E-state index in [1.54, 1.807) is 7.11 Å². The molecule has 0 bridgehead atoms. The fourth-order valence-electron chi connectivity index (χ4n) is 2.30. The van der Waals surface area contributed by atoms with E-state index in [2.05, 4.69) is 36.3 Å². The number of anilines is 1. The molecule has 2 aromatic carbocycles. The molecule has 3 N–H and O–H groups in total. The van der Waals surface area contributed by atoms with Gasteiger partial charge < -0.3 is 15.8 Å². The summed E-state index contributed by atoms with van der Waals surface area (Å²) in [6, 6.07) is 16.3. The zero-order valence-electron chi connectivity index (χ0n) is 14.0. The summed E-state index contributed by atoms with van der Waals surface area (Å²) in [7, 11) is 1.68. The molecule has 0 fully saturated rings. The van der Waals surface area contributed by atoms with Gasteiger partial charge in [-0.25, -0.2) is 0 Å². The van der Waals surface area contributed by atoms with Crippen LogP contribution in [0.5, 0.6) is 5.75 Å². The lowest BCUT2D eigenvalue weighted by Gasteiger charge is -2.11. The summed E-state index contributed by atoms with van der Waals surface area (Å²) in [6.07, 6.45) is 0.947. The molecule has 122 valence electrons. The summed E-state index contributed by atoms with van der Waals surface area (Å²) in [5.74, 6) is 1.76. The summed E-state index contributed by atoms with van der Waals surface area (Å²) >= 11 is 0. The first-order valence-corrected chi connectivity index (χ1v) is 7.86. The molecule has 0 radical (unpaired) electrons. The van der Waals surface area contributed by atoms with Crippen LogP contribution in [0.1, 0.15) is 30.4 Å². The molecule has 2 aromatic rings. The Morgan fingerprint density at radius 1 is 1.13 bits per heavy atom. The molecule has 4 nitrogen and oxygen atoms in total. The van der Waals surface area contributed by atoms with Crippen LogP contribution in [0.2, 0.25) is 0 Å². The molecule has 0 aliphatic rings. The fourth-order valence-corrected chi connectivity index (χ4v) is 2.30. The summed E-state index contributed by atoms with van der Waals surface area (Å²) in [4.78, 5) is 4.40. The number of nitrogens with zero attached hydrogens (tertiary/aromatic N) is 1. The van der Waals surface area contributed by atoms with Crippen molar-refractivity contribution < 1.29 is 4.74 Å². The highest BCUT2D eigenvalue weighted by Gasteiger charge is 2.05. The van der Waals surface area contributed by atoms with Crippen LogP contribution >= 0.6 is 0 Å². The van der Waals surface area contributed by atoms with Gasteiger partial charge in [0.15, 0.2) is 5.96 Å². The number of guanidine groups is 1. The van der Waals surface area contributed by atoms with Crippen molar-refractivity contribution in [2.45, 2.75) is 26.2 Å². The standard InChI is InChI=1S/C19H25N3O/c1-14-4-8-17(9-5-14)22-19(20)21-13-12-15(2)16-6-10-18(23-3)11-7-16/h4-11,15H,12-13H2,1-3H3,(H3,20,21,22). The van der Waals surface area contributed by atoms with Crippen molar-refractivity contribution in [2.75, 3.05) is 19.0 Å². The van der Waals surface area contributed by atoms with Crippen molar-refractivity contribution in [1.29, 1.82) is 0 Å². The fraction of sp³-hybridized carbons (Fsp3) is 0.316. The number of hydrogen-bond acceptors (Lipinski definition) is 2. The zero-order chi connectivity index (χ0) is 16.7. The quantitative estimate of drug-likeness (QED) is 0.628. The first-order chi connectivity index (χ1) is 11.1. The molecule has 0 saturated heterocycles. The summed E-state index contributed by atoms with van der Waals surface area (Å²) < 4.78 is 5.18. The molecule has 0 spiro atoms. The van der Waals surface area contributed by atoms with Crippen molar-refractivity contribution in [3.8, 4) is 5.75 Å². The van der Waals surface area contributed by atoms with Crippen molar-refractivity contribution >= 4 is 11.6 Å². The number of ether oxygens (including phenoxy) is 1. The Bertz CT molecular complexity index is 633. The molecule has 0 aliphatic heterocycles. The van der Waals surface area contributed by atoms with E-state index >= 15 is 0 Å². The van der Waals surface area contributed by atoms with Crippen LogP contribution in [0.3, 0.4) is 0 Å². The van der Waals surface area contributed by atoms with E-state index in [0.29, 0.717) is 18.4 Å². The zero-order valence-corrected chi connectivity index (χ0v) is 14.0. The molecule has 0 saturated carbocycles. The smallest absolute Gasteiger partial charge is 0.193 e. The molecule has 0 aliphatic carbocycles. The Labute approximate surface area is 138 Å². The van der Waals surface area contributed by atoms with Gasteiger partial charge in [0.25, 0.3) is 0 Å². The predicted octanol–water partition coefficient (Wildman–Crippen LogP) is 3.92. The number of aliphatic imine (C=N–C) groups is 1. The van der Waals surface area contributed by atoms with Crippen LogP contribution in [0.4, 0.5) is 5.69 Å². The van der Waals surface area contributed by atoms with E-state index in [-0.39, 0.29) is 0 Å². The van der Waals surface area contributed by atoms with Gasteiger partial charge in [0.2, 0.25) is 0 Å². The Morgan fingerprint density at radius 2 is 1.78 bits per heavy atom. The molecule has 0 amide bonds. The molecular weight excluding hydrogens is 286 g/mol. The number of methoxy groups -OCH3 is 1. The topological polar surface area (TPSA) is 59.6 Å². The van der Waals surface area contributed by atoms with Gasteiger partial charge in [0.05, 0.1) is 7.11 Å². The molecule has 4 heteroatoms. The Kier molecular flexibility index (Phi) is 6.03. The number of aryl methyl sites for hydroxylation is 1. The van der Waals surface area contributed by atoms with Gasteiger partial charge in [-0.1, -0.05) is 36.8 Å². The van der Waals surface area contributed by atoms with Crippen molar-refractivity contribution in [3.63, 3.8) is 0 Å². The monoisotopic (exact) mass is 311 g/mol. The summed E-state index contributed by atoms with van der Waals surface area (Å²) in [5, 5.41) is 3.11. The first-order valence-electron chi connectivity index (χ1n) is 7.86. The van der Waals surface area contributed by atoms with Crippen LogP contribution in [0.25, 0.3) is 0 Å². The van der Waals surface area contributed by atoms with Gasteiger partial charge in [0, 0.05) is 12.2 Å². The molecular formula is C19H25N3O. The Hall–Kier alpha value is -2.49. The van der Waals surface area contributed by atoms with E-state index in [0.717, 1.165) is 17.9 Å². The van der Waals surface area contributed by atoms with E-state index in [1.807, 2.05) is 36.4 Å². The van der Waals surface area contributed by atoms with Gasteiger partial charge in [-0.3, -0.25) is 4.99 Å². The van der Waals surface area contributed by atoms with Crippen molar-refractivity contribution in [3.05, 3.63) is 59.7 Å². The minimum absolute atomic E-state index is 0.428. The van der Waals surface area contributed by atoms with Crippen LogP contribution < -0.4 is 15.8 Å². The van der Waals surface area contributed by atoms with Crippen LogP contribution in [-0.2, 0) is 0 Å². The van der Waals surface area contributed by atoms with Gasteiger partial charge in [-0.2, -0.15) is 0 Å². The maximum atomic E-state index is 5.93. The maximum absolute atomic E-state index is 5.93. The molecule has 0 heterocycles. The second-order valence-corrected chi connectivity index (χ2v) is 5.72. The average Bonchev–Trinajstić information content (AvgIpc) is 2.57. The highest BCUT2D eigenvalue weighted by Crippen LogP contribution is 2.21. The third-order valence-electron chi connectivity index (χ3n) is 3.85. The largest absolute Gasteiger partial charge is 0.497 e. The normalized spacial score (nSPS) is 12.7. The lowest BCUT2D eigenvalue weighted by Crippen LogP contribution is -2.23. The number of nitrogens with two attached hydrogens (primary N) is 1. The van der Waals surface area contributed by atoms with Crippen LogP contribution in [-0.4, -0.2) is 19.6 Å².